The standard InChI is InChI=1S/C16H22N4S/c1-12(9-10-13-7-5-4-6-8-13)18-15-11-14(17-2)19-16(20-15)21-3/h4-8,11-12H,9-10H2,1-3H3,(H2,17,18,19,20). The lowest BCUT2D eigenvalue weighted by molar-refractivity contribution is 0.700. The molecule has 112 valence electrons. The van der Waals surface area contributed by atoms with Crippen molar-refractivity contribution in [3.8, 4) is 0 Å². The molecule has 0 aliphatic carbocycles. The molecule has 21 heavy (non-hydrogen) atoms. The van der Waals surface area contributed by atoms with Gasteiger partial charge in [0.2, 0.25) is 0 Å². The lowest BCUT2D eigenvalue weighted by atomic mass is 10.1. The van der Waals surface area contributed by atoms with E-state index in [1.54, 1.807) is 11.8 Å². The van der Waals surface area contributed by atoms with Crippen LogP contribution < -0.4 is 10.6 Å². The summed E-state index contributed by atoms with van der Waals surface area (Å²) >= 11 is 1.55. The highest BCUT2D eigenvalue weighted by molar-refractivity contribution is 7.98. The van der Waals surface area contributed by atoms with Crippen molar-refractivity contribution >= 4 is 23.4 Å². The van der Waals surface area contributed by atoms with Crippen molar-refractivity contribution in [3.05, 3.63) is 42.0 Å². The number of rotatable bonds is 7. The molecule has 0 aliphatic rings. The maximum atomic E-state index is 4.50. The van der Waals surface area contributed by atoms with Gasteiger partial charge in [0.1, 0.15) is 11.6 Å². The number of thioether (sulfide) groups is 1. The van der Waals surface area contributed by atoms with Crippen LogP contribution in [0.5, 0.6) is 0 Å². The summed E-state index contributed by atoms with van der Waals surface area (Å²) in [6.45, 7) is 2.18. The SMILES string of the molecule is CNc1cc(NC(C)CCc2ccccc2)nc(SC)n1. The number of aryl methyl sites for hydroxylation is 1. The summed E-state index contributed by atoms with van der Waals surface area (Å²) in [5, 5.41) is 7.30. The second-order valence-corrected chi connectivity index (χ2v) is 5.72. The summed E-state index contributed by atoms with van der Waals surface area (Å²) < 4.78 is 0. The van der Waals surface area contributed by atoms with E-state index in [0.717, 1.165) is 29.6 Å². The molecule has 1 heterocycles. The summed E-state index contributed by atoms with van der Waals surface area (Å²) in [6.07, 6.45) is 4.11. The van der Waals surface area contributed by atoms with Gasteiger partial charge in [0.15, 0.2) is 5.16 Å². The molecule has 2 N–H and O–H groups in total. The van der Waals surface area contributed by atoms with Crippen LogP contribution in [0.3, 0.4) is 0 Å². The van der Waals surface area contributed by atoms with Gasteiger partial charge in [-0.25, -0.2) is 9.97 Å². The van der Waals surface area contributed by atoms with Gasteiger partial charge in [0, 0.05) is 19.2 Å². The Labute approximate surface area is 130 Å². The average molecular weight is 302 g/mol. The van der Waals surface area contributed by atoms with E-state index in [0.29, 0.717) is 6.04 Å². The number of hydrogen-bond donors (Lipinski definition) is 2. The van der Waals surface area contributed by atoms with Crippen LogP contribution in [0.1, 0.15) is 18.9 Å². The van der Waals surface area contributed by atoms with E-state index in [1.807, 2.05) is 19.4 Å². The molecule has 0 radical (unpaired) electrons. The van der Waals surface area contributed by atoms with Crippen molar-refractivity contribution in [1.29, 1.82) is 0 Å². The summed E-state index contributed by atoms with van der Waals surface area (Å²) in [7, 11) is 1.87. The van der Waals surface area contributed by atoms with E-state index < -0.39 is 0 Å². The fourth-order valence-corrected chi connectivity index (χ4v) is 2.45. The van der Waals surface area contributed by atoms with Crippen molar-refractivity contribution < 1.29 is 0 Å². The Morgan fingerprint density at radius 3 is 2.52 bits per heavy atom. The van der Waals surface area contributed by atoms with Crippen LogP contribution in [0.2, 0.25) is 0 Å². The number of anilines is 2. The first-order chi connectivity index (χ1) is 10.2. The lowest BCUT2D eigenvalue weighted by Gasteiger charge is -2.15. The fourth-order valence-electron chi connectivity index (χ4n) is 2.07. The molecule has 0 aliphatic heterocycles. The number of nitrogens with zero attached hydrogens (tertiary/aromatic N) is 2. The Bertz CT molecular complexity index is 537. The molecule has 0 fully saturated rings. The topological polar surface area (TPSA) is 49.8 Å². The second-order valence-electron chi connectivity index (χ2n) is 4.94. The van der Waals surface area contributed by atoms with Gasteiger partial charge in [-0.05, 0) is 31.6 Å². The quantitative estimate of drug-likeness (QED) is 0.603. The molecular weight excluding hydrogens is 280 g/mol. The van der Waals surface area contributed by atoms with Crippen LogP contribution in [0.15, 0.2) is 41.6 Å². The van der Waals surface area contributed by atoms with E-state index >= 15 is 0 Å². The summed E-state index contributed by atoms with van der Waals surface area (Å²) in [6, 6.07) is 12.9. The Morgan fingerprint density at radius 1 is 1.14 bits per heavy atom. The molecule has 1 aromatic carbocycles. The highest BCUT2D eigenvalue weighted by atomic mass is 32.2. The van der Waals surface area contributed by atoms with Crippen molar-refractivity contribution in [2.75, 3.05) is 23.9 Å². The summed E-state index contributed by atoms with van der Waals surface area (Å²) in [4.78, 5) is 8.87. The molecule has 2 aromatic rings. The summed E-state index contributed by atoms with van der Waals surface area (Å²) in [5.74, 6) is 1.71. The van der Waals surface area contributed by atoms with Gasteiger partial charge in [-0.1, -0.05) is 42.1 Å². The van der Waals surface area contributed by atoms with Crippen LogP contribution in [0.4, 0.5) is 11.6 Å². The molecule has 5 heteroatoms. The van der Waals surface area contributed by atoms with Crippen molar-refractivity contribution in [2.45, 2.75) is 31.0 Å². The molecule has 2 rings (SSSR count). The Kier molecular flexibility index (Phi) is 5.87. The normalized spacial score (nSPS) is 12.0. The highest BCUT2D eigenvalue weighted by Gasteiger charge is 2.07. The molecule has 1 aromatic heterocycles. The maximum Gasteiger partial charge on any atom is 0.191 e. The predicted molar refractivity (Wildman–Crippen MR) is 91.2 cm³/mol. The van der Waals surface area contributed by atoms with Crippen molar-refractivity contribution in [1.82, 2.24) is 9.97 Å². The number of benzene rings is 1. The molecule has 4 nitrogen and oxygen atoms in total. The van der Waals surface area contributed by atoms with E-state index in [4.69, 9.17) is 0 Å². The number of nitrogens with one attached hydrogen (secondary N) is 2. The number of aromatic nitrogens is 2. The second kappa shape index (κ2) is 7.88. The minimum Gasteiger partial charge on any atom is -0.373 e. The predicted octanol–water partition coefficient (Wildman–Crippen LogP) is 3.67. The Hall–Kier alpha value is -1.75. The molecule has 0 amide bonds. The van der Waals surface area contributed by atoms with E-state index in [9.17, 15) is 0 Å². The van der Waals surface area contributed by atoms with Crippen molar-refractivity contribution in [3.63, 3.8) is 0 Å². The van der Waals surface area contributed by atoms with Crippen LogP contribution in [0.25, 0.3) is 0 Å². The highest BCUT2D eigenvalue weighted by Crippen LogP contribution is 2.18. The average Bonchev–Trinajstić information content (AvgIpc) is 2.53. The van der Waals surface area contributed by atoms with E-state index in [-0.39, 0.29) is 0 Å². The Balaban J connectivity index is 1.94. The van der Waals surface area contributed by atoms with Crippen molar-refractivity contribution in [2.24, 2.45) is 0 Å². The Morgan fingerprint density at radius 2 is 1.86 bits per heavy atom. The zero-order valence-electron chi connectivity index (χ0n) is 12.8. The fraction of sp³-hybridized carbons (Fsp3) is 0.375. The van der Waals surface area contributed by atoms with E-state index in [1.165, 1.54) is 5.56 Å². The zero-order chi connectivity index (χ0) is 15.1. The van der Waals surface area contributed by atoms with Crippen LogP contribution in [-0.4, -0.2) is 29.3 Å². The largest absolute Gasteiger partial charge is 0.373 e. The van der Waals surface area contributed by atoms with Crippen LogP contribution in [-0.2, 0) is 6.42 Å². The van der Waals surface area contributed by atoms with Gasteiger partial charge >= 0.3 is 0 Å². The molecule has 0 saturated heterocycles. The molecule has 0 saturated carbocycles. The third-order valence-electron chi connectivity index (χ3n) is 3.25. The van der Waals surface area contributed by atoms with Gasteiger partial charge in [-0.2, -0.15) is 0 Å². The lowest BCUT2D eigenvalue weighted by Crippen LogP contribution is -2.17. The first kappa shape index (κ1) is 15.6. The van der Waals surface area contributed by atoms with Crippen LogP contribution >= 0.6 is 11.8 Å². The maximum absolute atomic E-state index is 4.50. The van der Waals surface area contributed by atoms with E-state index in [2.05, 4.69) is 57.9 Å². The molecule has 0 bridgehead atoms. The first-order valence-corrected chi connectivity index (χ1v) is 8.35. The minimum atomic E-state index is 0.361. The molecule has 0 spiro atoms. The van der Waals surface area contributed by atoms with Gasteiger partial charge < -0.3 is 10.6 Å². The van der Waals surface area contributed by atoms with Gasteiger partial charge in [0.25, 0.3) is 0 Å². The molecule has 1 unspecified atom stereocenters. The smallest absolute Gasteiger partial charge is 0.191 e. The van der Waals surface area contributed by atoms with Gasteiger partial charge in [0.05, 0.1) is 0 Å². The van der Waals surface area contributed by atoms with Gasteiger partial charge in [-0.3, -0.25) is 0 Å². The van der Waals surface area contributed by atoms with Crippen LogP contribution in [0, 0.1) is 0 Å². The minimum absolute atomic E-state index is 0.361. The zero-order valence-corrected chi connectivity index (χ0v) is 13.6. The first-order valence-electron chi connectivity index (χ1n) is 7.12. The third-order valence-corrected chi connectivity index (χ3v) is 3.80. The molecule has 1 atom stereocenters. The molecular formula is C16H22N4S. The third kappa shape index (κ3) is 4.93. The number of hydrogen-bond acceptors (Lipinski definition) is 5. The summed E-state index contributed by atoms with van der Waals surface area (Å²) in [5.41, 5.74) is 1.37. The monoisotopic (exact) mass is 302 g/mol. The van der Waals surface area contributed by atoms with Gasteiger partial charge in [-0.15, -0.1) is 0 Å².